The molecule has 7 heteroatoms. The second kappa shape index (κ2) is 7.98. The van der Waals surface area contributed by atoms with Crippen LogP contribution >= 0.6 is 23.8 Å². The smallest absolute Gasteiger partial charge is 0.281 e. The van der Waals surface area contributed by atoms with E-state index in [0.29, 0.717) is 39.5 Å². The number of nitrogens with one attached hydrogen (secondary N) is 1. The lowest BCUT2D eigenvalue weighted by molar-refractivity contribution is -0.113. The van der Waals surface area contributed by atoms with Crippen molar-refractivity contribution < 1.29 is 14.3 Å². The minimum Gasteiger partial charge on any atom is -0.491 e. The molecule has 1 fully saturated rings. The van der Waals surface area contributed by atoms with Crippen LogP contribution in [0, 0.1) is 6.92 Å². The van der Waals surface area contributed by atoms with Gasteiger partial charge < -0.3 is 14.8 Å². The molecule has 0 spiro atoms. The van der Waals surface area contributed by atoms with E-state index in [2.05, 4.69) is 5.32 Å². The lowest BCUT2D eigenvalue weighted by atomic mass is 10.1. The molecule has 0 atom stereocenters. The number of benzene rings is 2. The van der Waals surface area contributed by atoms with Crippen LogP contribution in [0.5, 0.6) is 11.5 Å². The number of amides is 1. The number of hydrogen-bond acceptors (Lipinski definition) is 4. The van der Waals surface area contributed by atoms with Gasteiger partial charge in [-0.3, -0.25) is 9.69 Å². The van der Waals surface area contributed by atoms with Gasteiger partial charge in [-0.05, 0) is 61.5 Å². The number of thiocarbonyl (C=S) groups is 1. The molecule has 0 radical (unpaired) electrons. The molecule has 1 aliphatic heterocycles. The second-order valence-corrected chi connectivity index (χ2v) is 6.68. The van der Waals surface area contributed by atoms with E-state index in [9.17, 15) is 4.79 Å². The van der Waals surface area contributed by atoms with Crippen molar-refractivity contribution >= 4 is 46.6 Å². The number of methoxy groups -OCH3 is 1. The molecule has 3 rings (SSSR count). The van der Waals surface area contributed by atoms with E-state index in [-0.39, 0.29) is 5.91 Å². The first-order valence-electron chi connectivity index (χ1n) is 8.39. The number of anilines is 1. The molecule has 0 aromatic heterocycles. The molecule has 0 aliphatic carbocycles. The molecule has 1 aliphatic rings. The van der Waals surface area contributed by atoms with Crippen LogP contribution in [0.4, 0.5) is 5.69 Å². The number of aryl methyl sites for hydroxylation is 1. The Morgan fingerprint density at radius 2 is 2.04 bits per heavy atom. The van der Waals surface area contributed by atoms with E-state index in [1.165, 1.54) is 12.0 Å². The summed E-state index contributed by atoms with van der Waals surface area (Å²) >= 11 is 11.7. The van der Waals surface area contributed by atoms with Gasteiger partial charge in [0.25, 0.3) is 5.91 Å². The number of ether oxygens (including phenoxy) is 2. The van der Waals surface area contributed by atoms with E-state index < -0.39 is 0 Å². The van der Waals surface area contributed by atoms with E-state index >= 15 is 0 Å². The monoisotopic (exact) mass is 402 g/mol. The number of para-hydroxylation sites is 1. The van der Waals surface area contributed by atoms with Gasteiger partial charge in [-0.1, -0.05) is 29.8 Å². The second-order valence-electron chi connectivity index (χ2n) is 5.88. The fourth-order valence-corrected chi connectivity index (χ4v) is 3.45. The molecular weight excluding hydrogens is 384 g/mol. The maximum atomic E-state index is 12.9. The van der Waals surface area contributed by atoms with E-state index in [1.54, 1.807) is 18.2 Å². The van der Waals surface area contributed by atoms with E-state index in [0.717, 1.165) is 11.3 Å². The summed E-state index contributed by atoms with van der Waals surface area (Å²) in [6.07, 6.45) is 1.70. The van der Waals surface area contributed by atoms with E-state index in [4.69, 9.17) is 33.3 Å². The Kier molecular flexibility index (Phi) is 5.68. The van der Waals surface area contributed by atoms with Crippen molar-refractivity contribution in [3.05, 3.63) is 58.2 Å². The molecular formula is C20H19ClN2O3S. The van der Waals surface area contributed by atoms with Gasteiger partial charge in [-0.25, -0.2) is 0 Å². The number of rotatable bonds is 5. The molecule has 27 heavy (non-hydrogen) atoms. The fourth-order valence-electron chi connectivity index (χ4n) is 2.87. The molecule has 2 aromatic rings. The van der Waals surface area contributed by atoms with Crippen molar-refractivity contribution in [1.29, 1.82) is 0 Å². The quantitative estimate of drug-likeness (QED) is 0.596. The Hall–Kier alpha value is -2.57. The van der Waals surface area contributed by atoms with Gasteiger partial charge in [0.1, 0.15) is 5.70 Å². The van der Waals surface area contributed by atoms with Crippen LogP contribution in [0.15, 0.2) is 42.1 Å². The standard InChI is InChI=1S/C20H19ClN2O3S/c1-4-26-17-11-13(9-14(21)18(17)25-3)10-15-19(24)23(20(27)22-15)16-8-6-5-7-12(16)2/h5-11H,4H2,1-3H3,(H,22,27)/b15-10-. The normalized spacial score (nSPS) is 15.3. The highest BCUT2D eigenvalue weighted by atomic mass is 35.5. The first-order valence-corrected chi connectivity index (χ1v) is 9.18. The summed E-state index contributed by atoms with van der Waals surface area (Å²) in [5.74, 6) is 0.755. The van der Waals surface area contributed by atoms with Crippen molar-refractivity contribution in [2.45, 2.75) is 13.8 Å². The zero-order valence-corrected chi connectivity index (χ0v) is 16.8. The first kappa shape index (κ1) is 19.2. The predicted molar refractivity (Wildman–Crippen MR) is 112 cm³/mol. The minimum absolute atomic E-state index is 0.223. The summed E-state index contributed by atoms with van der Waals surface area (Å²) in [6.45, 7) is 4.28. The third kappa shape index (κ3) is 3.77. The van der Waals surface area contributed by atoms with Crippen molar-refractivity contribution in [3.8, 4) is 11.5 Å². The van der Waals surface area contributed by atoms with Gasteiger partial charge in [-0.15, -0.1) is 0 Å². The van der Waals surface area contributed by atoms with Crippen LogP contribution in [0.25, 0.3) is 6.08 Å². The highest BCUT2D eigenvalue weighted by molar-refractivity contribution is 7.80. The van der Waals surface area contributed by atoms with Crippen LogP contribution < -0.4 is 19.7 Å². The predicted octanol–water partition coefficient (Wildman–Crippen LogP) is 4.32. The molecule has 140 valence electrons. The summed E-state index contributed by atoms with van der Waals surface area (Å²) in [7, 11) is 1.53. The van der Waals surface area contributed by atoms with Gasteiger partial charge in [0.2, 0.25) is 0 Å². The maximum absolute atomic E-state index is 12.9. The van der Waals surface area contributed by atoms with Crippen LogP contribution in [-0.2, 0) is 4.79 Å². The van der Waals surface area contributed by atoms with Gasteiger partial charge >= 0.3 is 0 Å². The maximum Gasteiger partial charge on any atom is 0.281 e. The summed E-state index contributed by atoms with van der Waals surface area (Å²) < 4.78 is 10.9. The lowest BCUT2D eigenvalue weighted by Crippen LogP contribution is -2.30. The van der Waals surface area contributed by atoms with Crippen LogP contribution in [0.1, 0.15) is 18.1 Å². The molecule has 2 aromatic carbocycles. The zero-order chi connectivity index (χ0) is 19.6. The molecule has 1 amide bonds. The summed E-state index contributed by atoms with van der Waals surface area (Å²) in [4.78, 5) is 14.4. The molecule has 0 unspecified atom stereocenters. The topological polar surface area (TPSA) is 50.8 Å². The molecule has 1 heterocycles. The number of carbonyl (C=O) groups is 1. The van der Waals surface area contributed by atoms with Crippen molar-refractivity contribution in [2.24, 2.45) is 0 Å². The lowest BCUT2D eigenvalue weighted by Gasteiger charge is -2.16. The van der Waals surface area contributed by atoms with Gasteiger partial charge in [-0.2, -0.15) is 0 Å². The van der Waals surface area contributed by atoms with Crippen LogP contribution in [0.2, 0.25) is 5.02 Å². The summed E-state index contributed by atoms with van der Waals surface area (Å²) in [6, 6.07) is 11.1. The average molecular weight is 403 g/mol. The van der Waals surface area contributed by atoms with Crippen LogP contribution in [-0.4, -0.2) is 24.7 Å². The molecule has 1 N–H and O–H groups in total. The largest absolute Gasteiger partial charge is 0.491 e. The molecule has 0 bridgehead atoms. The van der Waals surface area contributed by atoms with Crippen LogP contribution in [0.3, 0.4) is 0 Å². The molecule has 0 saturated carbocycles. The minimum atomic E-state index is -0.223. The highest BCUT2D eigenvalue weighted by Gasteiger charge is 2.32. The summed E-state index contributed by atoms with van der Waals surface area (Å²) in [5, 5.41) is 3.72. The third-order valence-corrected chi connectivity index (χ3v) is 4.65. The molecule has 5 nitrogen and oxygen atoms in total. The Balaban J connectivity index is 1.98. The number of hydrogen-bond donors (Lipinski definition) is 1. The first-order chi connectivity index (χ1) is 13.0. The van der Waals surface area contributed by atoms with Gasteiger partial charge in [0.15, 0.2) is 16.6 Å². The van der Waals surface area contributed by atoms with Gasteiger partial charge in [0, 0.05) is 0 Å². The summed E-state index contributed by atoms with van der Waals surface area (Å²) in [5.41, 5.74) is 2.79. The van der Waals surface area contributed by atoms with Gasteiger partial charge in [0.05, 0.1) is 24.4 Å². The Morgan fingerprint density at radius 1 is 1.30 bits per heavy atom. The third-order valence-electron chi connectivity index (χ3n) is 4.08. The fraction of sp³-hybridized carbons (Fsp3) is 0.200. The number of halogens is 1. The van der Waals surface area contributed by atoms with E-state index in [1.807, 2.05) is 38.1 Å². The Morgan fingerprint density at radius 3 is 2.70 bits per heavy atom. The zero-order valence-electron chi connectivity index (χ0n) is 15.2. The molecule has 1 saturated heterocycles. The number of nitrogens with zero attached hydrogens (tertiary/aromatic N) is 1. The average Bonchev–Trinajstić information content (AvgIpc) is 2.89. The van der Waals surface area contributed by atoms with Crippen molar-refractivity contribution in [3.63, 3.8) is 0 Å². The number of carbonyl (C=O) groups excluding carboxylic acids is 1. The Labute approximate surface area is 168 Å². The SMILES string of the molecule is CCOc1cc(/C=C2\NC(=S)N(c3ccccc3C)C2=O)cc(Cl)c1OC. The Bertz CT molecular complexity index is 943. The van der Waals surface area contributed by atoms with Crippen molar-refractivity contribution in [2.75, 3.05) is 18.6 Å². The van der Waals surface area contributed by atoms with Crippen molar-refractivity contribution in [1.82, 2.24) is 5.32 Å². The highest BCUT2D eigenvalue weighted by Crippen LogP contribution is 2.37.